The maximum atomic E-state index is 4.54. The highest BCUT2D eigenvalue weighted by Crippen LogP contribution is 2.14. The van der Waals surface area contributed by atoms with Crippen LogP contribution in [0.1, 0.15) is 0 Å². The first kappa shape index (κ1) is 5.55. The van der Waals surface area contributed by atoms with Gasteiger partial charge in [-0.15, -0.1) is 16.4 Å². The van der Waals surface area contributed by atoms with Crippen LogP contribution in [0.3, 0.4) is 0 Å². The van der Waals surface area contributed by atoms with E-state index in [1.54, 1.807) is 5.51 Å². The summed E-state index contributed by atoms with van der Waals surface area (Å²) >= 11 is 1.52. The van der Waals surface area contributed by atoms with Crippen LogP contribution in [0.5, 0.6) is 0 Å². The Kier molecular flexibility index (Phi) is 1.21. The van der Waals surface area contributed by atoms with Gasteiger partial charge >= 0.3 is 0 Å². The van der Waals surface area contributed by atoms with Crippen molar-refractivity contribution in [2.24, 2.45) is 0 Å². The Morgan fingerprint density at radius 3 is 3.00 bits per heavy atom. The number of aromatic nitrogens is 3. The molecule has 0 radical (unpaired) electrons. The highest BCUT2D eigenvalue weighted by molar-refractivity contribution is 7.07. The molecule has 2 heterocycles. The molecule has 0 N–H and O–H groups in total. The monoisotopic (exact) mass is 153 g/mol. The van der Waals surface area contributed by atoms with E-state index in [9.17, 15) is 0 Å². The molecule has 5 heteroatoms. The molecule has 0 aliphatic heterocycles. The molecule has 10 heavy (non-hydrogen) atoms. The average molecular weight is 153 g/mol. The van der Waals surface area contributed by atoms with Crippen molar-refractivity contribution in [1.29, 1.82) is 0 Å². The SMILES string of the molecule is c1nc(-c2conn2)cs1. The molecule has 0 aliphatic rings. The Balaban J connectivity index is 2.48. The minimum absolute atomic E-state index is 0.682. The van der Waals surface area contributed by atoms with E-state index in [0.29, 0.717) is 5.69 Å². The predicted molar refractivity (Wildman–Crippen MR) is 35.4 cm³/mol. The van der Waals surface area contributed by atoms with Crippen LogP contribution < -0.4 is 0 Å². The van der Waals surface area contributed by atoms with Gasteiger partial charge in [-0.3, -0.25) is 0 Å². The summed E-state index contributed by atoms with van der Waals surface area (Å²) in [6.45, 7) is 0. The molecule has 50 valence electrons. The predicted octanol–water partition coefficient (Wildman–Crippen LogP) is 1.19. The summed E-state index contributed by atoms with van der Waals surface area (Å²) < 4.78 is 4.54. The van der Waals surface area contributed by atoms with Gasteiger partial charge in [-0.05, 0) is 0 Å². The van der Waals surface area contributed by atoms with Crippen LogP contribution in [0.25, 0.3) is 11.4 Å². The fourth-order valence-corrected chi connectivity index (χ4v) is 1.16. The second-order valence-electron chi connectivity index (χ2n) is 1.66. The van der Waals surface area contributed by atoms with Crippen LogP contribution >= 0.6 is 11.3 Å². The molecule has 0 saturated carbocycles. The van der Waals surface area contributed by atoms with Crippen LogP contribution in [0.4, 0.5) is 0 Å². The van der Waals surface area contributed by atoms with Crippen molar-refractivity contribution in [3.63, 3.8) is 0 Å². The van der Waals surface area contributed by atoms with E-state index in [1.165, 1.54) is 17.6 Å². The molecule has 0 atom stereocenters. The summed E-state index contributed by atoms with van der Waals surface area (Å²) in [5.41, 5.74) is 3.23. The standard InChI is InChI=1S/C5H3N3OS/c1-4(7-8-9-1)5-2-10-3-6-5/h1-3H. The van der Waals surface area contributed by atoms with Crippen molar-refractivity contribution in [3.05, 3.63) is 17.2 Å². The van der Waals surface area contributed by atoms with Gasteiger partial charge in [0, 0.05) is 10.7 Å². The van der Waals surface area contributed by atoms with Gasteiger partial charge in [-0.1, -0.05) is 0 Å². The molecule has 0 aromatic carbocycles. The smallest absolute Gasteiger partial charge is 0.153 e. The van der Waals surface area contributed by atoms with Crippen molar-refractivity contribution in [3.8, 4) is 11.4 Å². The molecule has 0 fully saturated rings. The lowest BCUT2D eigenvalue weighted by Crippen LogP contribution is -1.74. The first-order valence-corrected chi connectivity index (χ1v) is 3.57. The fourth-order valence-electron chi connectivity index (χ4n) is 0.615. The third kappa shape index (κ3) is 0.801. The van der Waals surface area contributed by atoms with Gasteiger partial charge in [0.05, 0.1) is 5.51 Å². The lowest BCUT2D eigenvalue weighted by Gasteiger charge is -1.78. The molecule has 0 bridgehead atoms. The molecule has 0 unspecified atom stereocenters. The number of hydrogen-bond donors (Lipinski definition) is 0. The van der Waals surface area contributed by atoms with Crippen molar-refractivity contribution in [2.75, 3.05) is 0 Å². The molecule has 2 aromatic rings. The molecule has 4 nitrogen and oxygen atoms in total. The number of rotatable bonds is 1. The Bertz CT molecular complexity index is 256. The molecular formula is C5H3N3OS. The average Bonchev–Trinajstić information content (AvgIpc) is 2.59. The number of hydrogen-bond acceptors (Lipinski definition) is 5. The Hall–Kier alpha value is -1.23. The first-order valence-electron chi connectivity index (χ1n) is 2.62. The van der Waals surface area contributed by atoms with Crippen LogP contribution in [0, 0.1) is 0 Å². The van der Waals surface area contributed by atoms with Gasteiger partial charge in [0.2, 0.25) is 0 Å². The molecule has 0 aliphatic carbocycles. The van der Waals surface area contributed by atoms with E-state index in [2.05, 4.69) is 19.9 Å². The quantitative estimate of drug-likeness (QED) is 0.617. The van der Waals surface area contributed by atoms with Gasteiger partial charge in [-0.25, -0.2) is 4.98 Å². The summed E-state index contributed by atoms with van der Waals surface area (Å²) in [5.74, 6) is 0. The largest absolute Gasteiger partial charge is 0.345 e. The Labute approximate surface area is 60.5 Å². The topological polar surface area (TPSA) is 51.8 Å². The normalized spacial score (nSPS) is 10.0. The van der Waals surface area contributed by atoms with Gasteiger partial charge in [0.25, 0.3) is 0 Å². The molecule has 2 aromatic heterocycles. The summed E-state index contributed by atoms with van der Waals surface area (Å²) in [6, 6.07) is 0. The zero-order valence-corrected chi connectivity index (χ0v) is 5.71. The van der Waals surface area contributed by atoms with E-state index in [-0.39, 0.29) is 0 Å². The van der Waals surface area contributed by atoms with E-state index in [1.807, 2.05) is 5.38 Å². The highest BCUT2D eigenvalue weighted by atomic mass is 32.1. The van der Waals surface area contributed by atoms with Crippen LogP contribution in [-0.2, 0) is 0 Å². The second-order valence-corrected chi connectivity index (χ2v) is 2.38. The van der Waals surface area contributed by atoms with Crippen LogP contribution in [-0.4, -0.2) is 15.4 Å². The minimum Gasteiger partial charge on any atom is -0.345 e. The summed E-state index contributed by atoms with van der Waals surface area (Å²) in [4.78, 5) is 4.01. The van der Waals surface area contributed by atoms with Crippen LogP contribution in [0.15, 0.2) is 21.7 Å². The summed E-state index contributed by atoms with van der Waals surface area (Å²) in [5, 5.41) is 8.89. The third-order valence-electron chi connectivity index (χ3n) is 1.05. The van der Waals surface area contributed by atoms with Gasteiger partial charge in [0.15, 0.2) is 12.0 Å². The lowest BCUT2D eigenvalue weighted by molar-refractivity contribution is 0.393. The van der Waals surface area contributed by atoms with Gasteiger partial charge in [-0.2, -0.15) is 0 Å². The Morgan fingerprint density at radius 1 is 1.40 bits per heavy atom. The molecule has 0 amide bonds. The maximum absolute atomic E-state index is 4.54. The lowest BCUT2D eigenvalue weighted by atomic mass is 10.4. The van der Waals surface area contributed by atoms with Crippen molar-refractivity contribution in [1.82, 2.24) is 15.4 Å². The molecule has 2 rings (SSSR count). The molecule has 0 spiro atoms. The Morgan fingerprint density at radius 2 is 2.40 bits per heavy atom. The number of nitrogens with zero attached hydrogens (tertiary/aromatic N) is 3. The van der Waals surface area contributed by atoms with Gasteiger partial charge < -0.3 is 4.52 Å². The zero-order valence-electron chi connectivity index (χ0n) is 4.89. The maximum Gasteiger partial charge on any atom is 0.153 e. The number of thiazole rings is 1. The van der Waals surface area contributed by atoms with Crippen molar-refractivity contribution < 1.29 is 4.52 Å². The van der Waals surface area contributed by atoms with E-state index in [4.69, 9.17) is 0 Å². The fraction of sp³-hybridized carbons (Fsp3) is 0. The summed E-state index contributed by atoms with van der Waals surface area (Å²) in [6.07, 6.45) is 1.47. The molecular weight excluding hydrogens is 150 g/mol. The van der Waals surface area contributed by atoms with Crippen LogP contribution in [0.2, 0.25) is 0 Å². The van der Waals surface area contributed by atoms with Gasteiger partial charge in [0.1, 0.15) is 5.69 Å². The van der Waals surface area contributed by atoms with Crippen molar-refractivity contribution >= 4 is 11.3 Å². The molecule has 0 saturated heterocycles. The third-order valence-corrected chi connectivity index (χ3v) is 1.64. The summed E-state index contributed by atoms with van der Waals surface area (Å²) in [7, 11) is 0. The van der Waals surface area contributed by atoms with E-state index >= 15 is 0 Å². The van der Waals surface area contributed by atoms with E-state index in [0.717, 1.165) is 5.69 Å². The first-order chi connectivity index (χ1) is 4.97. The van der Waals surface area contributed by atoms with Crippen molar-refractivity contribution in [2.45, 2.75) is 0 Å². The zero-order chi connectivity index (χ0) is 6.81. The van der Waals surface area contributed by atoms with E-state index < -0.39 is 0 Å². The second kappa shape index (κ2) is 2.18. The highest BCUT2D eigenvalue weighted by Gasteiger charge is 2.01. The minimum atomic E-state index is 0.682.